The Morgan fingerprint density at radius 1 is 1.29 bits per heavy atom. The summed E-state index contributed by atoms with van der Waals surface area (Å²) < 4.78 is 19.8. The van der Waals surface area contributed by atoms with Gasteiger partial charge in [-0.3, -0.25) is 4.79 Å². The zero-order valence-corrected chi connectivity index (χ0v) is 13.8. The van der Waals surface area contributed by atoms with E-state index in [1.54, 1.807) is 19.1 Å². The first kappa shape index (κ1) is 16.7. The van der Waals surface area contributed by atoms with Crippen molar-refractivity contribution in [3.8, 4) is 11.1 Å². The molecule has 2 atom stereocenters. The van der Waals surface area contributed by atoms with Crippen molar-refractivity contribution < 1.29 is 13.9 Å². The summed E-state index contributed by atoms with van der Waals surface area (Å²) in [6.45, 7) is 3.11. The Balaban J connectivity index is 1.67. The molecule has 1 saturated heterocycles. The van der Waals surface area contributed by atoms with Gasteiger partial charge in [0.2, 0.25) is 0 Å². The number of benzene rings is 2. The minimum absolute atomic E-state index is 0.248. The topological polar surface area (TPSA) is 38.3 Å². The van der Waals surface area contributed by atoms with E-state index in [4.69, 9.17) is 4.74 Å². The molecule has 2 aromatic rings. The normalized spacial score (nSPS) is 18.3. The molecule has 1 aliphatic heterocycles. The fourth-order valence-corrected chi connectivity index (χ4v) is 3.00. The molecule has 3 rings (SSSR count). The predicted molar refractivity (Wildman–Crippen MR) is 92.2 cm³/mol. The van der Waals surface area contributed by atoms with Crippen LogP contribution in [0.4, 0.5) is 4.39 Å². The van der Waals surface area contributed by atoms with Crippen molar-refractivity contribution in [2.45, 2.75) is 31.7 Å². The van der Waals surface area contributed by atoms with Gasteiger partial charge in [-0.05, 0) is 43.5 Å². The summed E-state index contributed by atoms with van der Waals surface area (Å²) in [4.78, 5) is 12.2. The van der Waals surface area contributed by atoms with Gasteiger partial charge in [0.15, 0.2) is 0 Å². The van der Waals surface area contributed by atoms with Gasteiger partial charge in [0.1, 0.15) is 12.4 Å². The highest BCUT2D eigenvalue weighted by molar-refractivity contribution is 5.78. The summed E-state index contributed by atoms with van der Waals surface area (Å²) in [7, 11) is 0. The van der Waals surface area contributed by atoms with Crippen LogP contribution in [0, 0.1) is 5.82 Å². The highest BCUT2D eigenvalue weighted by Gasteiger charge is 2.21. The number of hydrogen-bond acceptors (Lipinski definition) is 3. The van der Waals surface area contributed by atoms with Crippen molar-refractivity contribution in [1.29, 1.82) is 0 Å². The number of rotatable bonds is 5. The molecule has 126 valence electrons. The zero-order chi connectivity index (χ0) is 16.9. The fraction of sp³-hybridized carbons (Fsp3) is 0.350. The maximum Gasteiger partial charge on any atom is 0.313 e. The SMILES string of the molecule is CC(C(=O)OCC1CCCN1)c1ccc(-c2ccccc2)c(F)c1. The standard InChI is InChI=1S/C20H22FNO2/c1-14(20(23)24-13-17-8-5-11-22-17)16-9-10-18(19(21)12-16)15-6-3-2-4-7-15/h2-4,6-7,9-10,12,14,17,22H,5,8,11,13H2,1H3. The average Bonchev–Trinajstić information content (AvgIpc) is 3.13. The second-order valence-corrected chi connectivity index (χ2v) is 6.25. The van der Waals surface area contributed by atoms with E-state index < -0.39 is 5.92 Å². The molecule has 24 heavy (non-hydrogen) atoms. The molecule has 0 radical (unpaired) electrons. The van der Waals surface area contributed by atoms with Gasteiger partial charge in [-0.25, -0.2) is 4.39 Å². The van der Waals surface area contributed by atoms with Crippen LogP contribution in [0.15, 0.2) is 48.5 Å². The molecule has 2 unspecified atom stereocenters. The minimum atomic E-state index is -0.481. The Morgan fingerprint density at radius 3 is 2.75 bits per heavy atom. The van der Waals surface area contributed by atoms with Crippen LogP contribution in [0.2, 0.25) is 0 Å². The first-order chi connectivity index (χ1) is 11.6. The molecule has 2 aromatic carbocycles. The summed E-state index contributed by atoms with van der Waals surface area (Å²) in [6, 6.07) is 14.6. The zero-order valence-electron chi connectivity index (χ0n) is 13.8. The van der Waals surface area contributed by atoms with E-state index in [1.807, 2.05) is 30.3 Å². The molecule has 1 fully saturated rings. The van der Waals surface area contributed by atoms with Gasteiger partial charge in [0.05, 0.1) is 5.92 Å². The van der Waals surface area contributed by atoms with E-state index in [9.17, 15) is 9.18 Å². The lowest BCUT2D eigenvalue weighted by Gasteiger charge is -2.15. The largest absolute Gasteiger partial charge is 0.464 e. The van der Waals surface area contributed by atoms with Crippen LogP contribution in [-0.2, 0) is 9.53 Å². The van der Waals surface area contributed by atoms with E-state index in [-0.39, 0.29) is 17.8 Å². The molecule has 3 nitrogen and oxygen atoms in total. The maximum atomic E-state index is 14.4. The summed E-state index contributed by atoms with van der Waals surface area (Å²) in [5.41, 5.74) is 2.00. The maximum absolute atomic E-state index is 14.4. The number of hydrogen-bond donors (Lipinski definition) is 1. The highest BCUT2D eigenvalue weighted by Crippen LogP contribution is 2.26. The first-order valence-corrected chi connectivity index (χ1v) is 8.40. The lowest BCUT2D eigenvalue weighted by molar-refractivity contribution is -0.145. The summed E-state index contributed by atoms with van der Waals surface area (Å²) in [5.74, 6) is -1.11. The van der Waals surface area contributed by atoms with Gasteiger partial charge < -0.3 is 10.1 Å². The number of carbonyl (C=O) groups excluding carboxylic acids is 1. The molecule has 0 amide bonds. The van der Waals surface area contributed by atoms with Crippen LogP contribution in [0.5, 0.6) is 0 Å². The highest BCUT2D eigenvalue weighted by atomic mass is 19.1. The van der Waals surface area contributed by atoms with E-state index in [0.717, 1.165) is 24.9 Å². The molecule has 1 N–H and O–H groups in total. The summed E-state index contributed by atoms with van der Waals surface area (Å²) >= 11 is 0. The summed E-state index contributed by atoms with van der Waals surface area (Å²) in [6.07, 6.45) is 2.14. The fourth-order valence-electron chi connectivity index (χ4n) is 3.00. The second-order valence-electron chi connectivity index (χ2n) is 6.25. The molecule has 1 heterocycles. The number of nitrogens with one attached hydrogen (secondary N) is 1. The van der Waals surface area contributed by atoms with E-state index in [2.05, 4.69) is 5.32 Å². The molecule has 0 bridgehead atoms. The molecule has 4 heteroatoms. The quantitative estimate of drug-likeness (QED) is 0.847. The molecule has 0 saturated carbocycles. The summed E-state index contributed by atoms with van der Waals surface area (Å²) in [5, 5.41) is 3.29. The van der Waals surface area contributed by atoms with E-state index in [0.29, 0.717) is 17.7 Å². The van der Waals surface area contributed by atoms with Crippen molar-refractivity contribution in [1.82, 2.24) is 5.32 Å². The Morgan fingerprint density at radius 2 is 2.08 bits per heavy atom. The number of carbonyl (C=O) groups is 1. The van der Waals surface area contributed by atoms with Gasteiger partial charge in [-0.1, -0.05) is 42.5 Å². The van der Waals surface area contributed by atoms with E-state index in [1.165, 1.54) is 6.07 Å². The Kier molecular flexibility index (Phi) is 5.26. The number of esters is 1. The number of halogens is 1. The Labute approximate surface area is 141 Å². The van der Waals surface area contributed by atoms with Gasteiger partial charge in [-0.15, -0.1) is 0 Å². The second kappa shape index (κ2) is 7.58. The third kappa shape index (κ3) is 3.82. The Bertz CT molecular complexity index is 696. The predicted octanol–water partition coefficient (Wildman–Crippen LogP) is 3.89. The molecule has 0 aliphatic carbocycles. The van der Waals surface area contributed by atoms with Gasteiger partial charge >= 0.3 is 5.97 Å². The average molecular weight is 327 g/mol. The lowest BCUT2D eigenvalue weighted by atomic mass is 9.97. The third-order valence-corrected chi connectivity index (χ3v) is 4.52. The minimum Gasteiger partial charge on any atom is -0.464 e. The van der Waals surface area contributed by atoms with Gasteiger partial charge in [0.25, 0.3) is 0 Å². The number of ether oxygens (including phenoxy) is 1. The molecular formula is C20H22FNO2. The molecule has 0 spiro atoms. The lowest BCUT2D eigenvalue weighted by Crippen LogP contribution is -2.29. The van der Waals surface area contributed by atoms with Crippen LogP contribution < -0.4 is 5.32 Å². The monoisotopic (exact) mass is 327 g/mol. The molecular weight excluding hydrogens is 305 g/mol. The van der Waals surface area contributed by atoms with Crippen LogP contribution in [0.25, 0.3) is 11.1 Å². The third-order valence-electron chi connectivity index (χ3n) is 4.52. The van der Waals surface area contributed by atoms with Gasteiger partial charge in [-0.2, -0.15) is 0 Å². The van der Waals surface area contributed by atoms with Crippen LogP contribution in [-0.4, -0.2) is 25.2 Å². The van der Waals surface area contributed by atoms with Crippen molar-refractivity contribution >= 4 is 5.97 Å². The van der Waals surface area contributed by atoms with Crippen molar-refractivity contribution in [3.63, 3.8) is 0 Å². The molecule has 0 aromatic heterocycles. The Hall–Kier alpha value is -2.20. The van der Waals surface area contributed by atoms with Crippen molar-refractivity contribution in [3.05, 3.63) is 59.9 Å². The van der Waals surface area contributed by atoms with Crippen LogP contribution >= 0.6 is 0 Å². The molecule has 1 aliphatic rings. The first-order valence-electron chi connectivity index (χ1n) is 8.40. The van der Waals surface area contributed by atoms with Crippen molar-refractivity contribution in [2.75, 3.05) is 13.2 Å². The van der Waals surface area contributed by atoms with Crippen LogP contribution in [0.3, 0.4) is 0 Å². The smallest absolute Gasteiger partial charge is 0.313 e. The van der Waals surface area contributed by atoms with Crippen LogP contribution in [0.1, 0.15) is 31.2 Å². The van der Waals surface area contributed by atoms with Gasteiger partial charge in [0, 0.05) is 11.6 Å². The van der Waals surface area contributed by atoms with E-state index >= 15 is 0 Å². The van der Waals surface area contributed by atoms with Crippen molar-refractivity contribution in [2.24, 2.45) is 0 Å².